The van der Waals surface area contributed by atoms with E-state index in [9.17, 15) is 0 Å². The van der Waals surface area contributed by atoms with Crippen LogP contribution in [0.15, 0.2) is 0 Å². The molecule has 0 amide bonds. The maximum atomic E-state index is 6.50. The summed E-state index contributed by atoms with van der Waals surface area (Å²) in [6, 6.07) is 0.217. The van der Waals surface area contributed by atoms with E-state index < -0.39 is 0 Å². The Bertz CT molecular complexity index is 252. The second-order valence-corrected chi connectivity index (χ2v) is 7.60. The van der Waals surface area contributed by atoms with Gasteiger partial charge in [-0.1, -0.05) is 59.3 Å². The largest absolute Gasteiger partial charge is 0.377 e. The predicted octanol–water partition coefficient (Wildman–Crippen LogP) is 5.05. The molecule has 0 aromatic carbocycles. The van der Waals surface area contributed by atoms with Crippen LogP contribution in [0.5, 0.6) is 0 Å². The molecule has 1 atom stereocenters. The molecule has 0 saturated heterocycles. The van der Waals surface area contributed by atoms with Gasteiger partial charge in [-0.2, -0.15) is 0 Å². The zero-order chi connectivity index (χ0) is 15.1. The first kappa shape index (κ1) is 18.0. The van der Waals surface area contributed by atoms with Crippen molar-refractivity contribution in [1.82, 2.24) is 0 Å². The molecule has 1 rings (SSSR count). The first-order valence-corrected chi connectivity index (χ1v) is 8.76. The fourth-order valence-corrected chi connectivity index (χ4v) is 3.48. The number of methoxy groups -OCH3 is 1. The molecule has 20 heavy (non-hydrogen) atoms. The van der Waals surface area contributed by atoms with Crippen LogP contribution in [0.1, 0.15) is 91.4 Å². The summed E-state index contributed by atoms with van der Waals surface area (Å²) in [6.07, 6.45) is 13.9. The van der Waals surface area contributed by atoms with Gasteiger partial charge in [-0.25, -0.2) is 0 Å². The van der Waals surface area contributed by atoms with Crippen LogP contribution in [0, 0.1) is 5.41 Å². The van der Waals surface area contributed by atoms with Gasteiger partial charge in [-0.05, 0) is 37.5 Å². The molecule has 120 valence electrons. The van der Waals surface area contributed by atoms with Gasteiger partial charge < -0.3 is 10.5 Å². The maximum absolute atomic E-state index is 6.50. The van der Waals surface area contributed by atoms with Crippen LogP contribution in [-0.2, 0) is 4.74 Å². The summed E-state index contributed by atoms with van der Waals surface area (Å²) in [7, 11) is 1.86. The second-order valence-electron chi connectivity index (χ2n) is 7.60. The Balaban J connectivity index is 2.30. The highest BCUT2D eigenvalue weighted by Crippen LogP contribution is 2.43. The van der Waals surface area contributed by atoms with Gasteiger partial charge in [-0.3, -0.25) is 0 Å². The topological polar surface area (TPSA) is 35.2 Å². The van der Waals surface area contributed by atoms with Gasteiger partial charge >= 0.3 is 0 Å². The van der Waals surface area contributed by atoms with Crippen LogP contribution in [-0.4, -0.2) is 18.8 Å². The smallest absolute Gasteiger partial charge is 0.0829 e. The highest BCUT2D eigenvalue weighted by molar-refractivity contribution is 4.97. The van der Waals surface area contributed by atoms with Gasteiger partial charge in [0.2, 0.25) is 0 Å². The highest BCUT2D eigenvalue weighted by Gasteiger charge is 2.42. The standard InChI is InChI=1S/C18H37NO/c1-5-6-7-8-9-10-11-16(19)18(20-4)14-12-17(2,3)13-15-18/h16H,5-15,19H2,1-4H3. The molecule has 0 radical (unpaired) electrons. The minimum atomic E-state index is -0.0427. The van der Waals surface area contributed by atoms with Crippen molar-refractivity contribution in [2.45, 2.75) is 103 Å². The predicted molar refractivity (Wildman–Crippen MR) is 88.0 cm³/mol. The molecule has 1 aliphatic carbocycles. The third-order valence-electron chi connectivity index (χ3n) is 5.40. The van der Waals surface area contributed by atoms with Gasteiger partial charge in [0.1, 0.15) is 0 Å². The lowest BCUT2D eigenvalue weighted by Gasteiger charge is -2.46. The Hall–Kier alpha value is -0.0800. The summed E-state index contributed by atoms with van der Waals surface area (Å²) < 4.78 is 5.90. The molecule has 0 bridgehead atoms. The van der Waals surface area contributed by atoms with Crippen molar-refractivity contribution >= 4 is 0 Å². The van der Waals surface area contributed by atoms with Gasteiger partial charge in [0.15, 0.2) is 0 Å². The van der Waals surface area contributed by atoms with Crippen LogP contribution in [0.2, 0.25) is 0 Å². The number of unbranched alkanes of at least 4 members (excludes halogenated alkanes) is 5. The van der Waals surface area contributed by atoms with Gasteiger partial charge in [0, 0.05) is 13.2 Å². The first-order chi connectivity index (χ1) is 9.46. The van der Waals surface area contributed by atoms with E-state index in [2.05, 4.69) is 20.8 Å². The van der Waals surface area contributed by atoms with Crippen LogP contribution in [0.25, 0.3) is 0 Å². The molecule has 2 nitrogen and oxygen atoms in total. The van der Waals surface area contributed by atoms with E-state index in [1.807, 2.05) is 7.11 Å². The van der Waals surface area contributed by atoms with Crippen LogP contribution >= 0.6 is 0 Å². The fraction of sp³-hybridized carbons (Fsp3) is 1.00. The van der Waals surface area contributed by atoms with E-state index in [1.54, 1.807) is 0 Å². The van der Waals surface area contributed by atoms with Crippen LogP contribution in [0.4, 0.5) is 0 Å². The van der Waals surface area contributed by atoms with E-state index >= 15 is 0 Å². The van der Waals surface area contributed by atoms with Crippen molar-refractivity contribution in [3.8, 4) is 0 Å². The quantitative estimate of drug-likeness (QED) is 0.601. The van der Waals surface area contributed by atoms with Gasteiger partial charge in [-0.15, -0.1) is 0 Å². The number of ether oxygens (including phenoxy) is 1. The Kier molecular flexibility index (Phi) is 7.53. The third kappa shape index (κ3) is 5.37. The molecular formula is C18H37NO. The molecule has 0 aromatic rings. The first-order valence-electron chi connectivity index (χ1n) is 8.76. The minimum absolute atomic E-state index is 0.0427. The van der Waals surface area contributed by atoms with E-state index in [1.165, 1.54) is 51.4 Å². The minimum Gasteiger partial charge on any atom is -0.377 e. The number of rotatable bonds is 9. The molecule has 1 fully saturated rings. The Morgan fingerprint density at radius 1 is 0.950 bits per heavy atom. The number of hydrogen-bond acceptors (Lipinski definition) is 2. The molecule has 0 aliphatic heterocycles. The monoisotopic (exact) mass is 283 g/mol. The van der Waals surface area contributed by atoms with Crippen molar-refractivity contribution in [3.63, 3.8) is 0 Å². The fourth-order valence-electron chi connectivity index (χ4n) is 3.48. The summed E-state index contributed by atoms with van der Waals surface area (Å²) >= 11 is 0. The molecule has 0 spiro atoms. The van der Waals surface area contributed by atoms with E-state index in [-0.39, 0.29) is 11.6 Å². The molecule has 2 heteroatoms. The molecule has 0 aromatic heterocycles. The Morgan fingerprint density at radius 2 is 1.50 bits per heavy atom. The van der Waals surface area contributed by atoms with Gasteiger partial charge in [0.05, 0.1) is 5.60 Å². The number of nitrogens with two attached hydrogens (primary N) is 1. The molecular weight excluding hydrogens is 246 g/mol. The average Bonchev–Trinajstić information content (AvgIpc) is 2.43. The van der Waals surface area contributed by atoms with Crippen molar-refractivity contribution in [1.29, 1.82) is 0 Å². The lowest BCUT2D eigenvalue weighted by atomic mass is 9.68. The maximum Gasteiger partial charge on any atom is 0.0829 e. The Morgan fingerprint density at radius 3 is 2.05 bits per heavy atom. The summed E-state index contributed by atoms with van der Waals surface area (Å²) in [5.74, 6) is 0. The Labute approximate surface area is 126 Å². The SMILES string of the molecule is CCCCCCCCC(N)C1(OC)CCC(C)(C)CC1. The third-order valence-corrected chi connectivity index (χ3v) is 5.40. The normalized spacial score (nSPS) is 22.6. The van der Waals surface area contributed by atoms with Crippen molar-refractivity contribution in [3.05, 3.63) is 0 Å². The number of hydrogen-bond donors (Lipinski definition) is 1. The summed E-state index contributed by atoms with van der Waals surface area (Å²) in [6.45, 7) is 7.00. The van der Waals surface area contributed by atoms with Crippen molar-refractivity contribution < 1.29 is 4.74 Å². The van der Waals surface area contributed by atoms with Crippen molar-refractivity contribution in [2.75, 3.05) is 7.11 Å². The lowest BCUT2D eigenvalue weighted by Crippen LogP contribution is -2.52. The second kappa shape index (κ2) is 8.38. The molecule has 2 N–H and O–H groups in total. The van der Waals surface area contributed by atoms with Crippen LogP contribution in [0.3, 0.4) is 0 Å². The molecule has 0 heterocycles. The average molecular weight is 284 g/mol. The van der Waals surface area contributed by atoms with E-state index in [4.69, 9.17) is 10.5 Å². The summed E-state index contributed by atoms with van der Waals surface area (Å²) in [4.78, 5) is 0. The van der Waals surface area contributed by atoms with E-state index in [0.29, 0.717) is 5.41 Å². The van der Waals surface area contributed by atoms with E-state index in [0.717, 1.165) is 19.3 Å². The summed E-state index contributed by atoms with van der Waals surface area (Å²) in [5.41, 5.74) is 6.93. The highest BCUT2D eigenvalue weighted by atomic mass is 16.5. The van der Waals surface area contributed by atoms with Crippen molar-refractivity contribution in [2.24, 2.45) is 11.1 Å². The zero-order valence-corrected chi connectivity index (χ0v) is 14.3. The molecule has 1 saturated carbocycles. The van der Waals surface area contributed by atoms with Crippen LogP contribution < -0.4 is 5.73 Å². The molecule has 1 aliphatic rings. The van der Waals surface area contributed by atoms with Gasteiger partial charge in [0.25, 0.3) is 0 Å². The lowest BCUT2D eigenvalue weighted by molar-refractivity contribution is -0.0800. The molecule has 1 unspecified atom stereocenters. The summed E-state index contributed by atoms with van der Waals surface area (Å²) in [5, 5.41) is 0. The zero-order valence-electron chi connectivity index (χ0n) is 14.3.